The van der Waals surface area contributed by atoms with Gasteiger partial charge in [-0.3, -0.25) is 0 Å². The molecule has 0 fully saturated rings. The molecule has 0 saturated heterocycles. The van der Waals surface area contributed by atoms with Gasteiger partial charge in [0.05, 0.1) is 25.4 Å². The Bertz CT molecular complexity index is 646. The lowest BCUT2D eigenvalue weighted by Crippen LogP contribution is -2.31. The minimum Gasteiger partial charge on any atom is -0.489 e. The molecular formula is C18H23NO5. The van der Waals surface area contributed by atoms with E-state index in [2.05, 4.69) is 0 Å². The summed E-state index contributed by atoms with van der Waals surface area (Å²) in [5.41, 5.74) is 2.86. The van der Waals surface area contributed by atoms with E-state index in [9.17, 15) is 9.59 Å². The Morgan fingerprint density at radius 2 is 1.79 bits per heavy atom. The summed E-state index contributed by atoms with van der Waals surface area (Å²) in [5, 5.41) is 0. The highest BCUT2D eigenvalue weighted by Gasteiger charge is 2.26. The van der Waals surface area contributed by atoms with Crippen molar-refractivity contribution < 1.29 is 23.8 Å². The second-order valence-electron chi connectivity index (χ2n) is 5.38. The fraction of sp³-hybridized carbons (Fsp3) is 0.444. The van der Waals surface area contributed by atoms with Crippen molar-refractivity contribution in [1.29, 1.82) is 0 Å². The van der Waals surface area contributed by atoms with E-state index in [1.807, 2.05) is 30.9 Å². The van der Waals surface area contributed by atoms with Gasteiger partial charge in [-0.05, 0) is 44.9 Å². The van der Waals surface area contributed by atoms with Crippen LogP contribution in [0.2, 0.25) is 0 Å². The Morgan fingerprint density at radius 1 is 1.17 bits per heavy atom. The van der Waals surface area contributed by atoms with Gasteiger partial charge in [-0.25, -0.2) is 9.59 Å². The van der Waals surface area contributed by atoms with Crippen molar-refractivity contribution in [3.8, 4) is 5.75 Å². The van der Waals surface area contributed by atoms with Crippen LogP contribution in [-0.4, -0.2) is 38.3 Å². The van der Waals surface area contributed by atoms with Gasteiger partial charge >= 0.3 is 11.9 Å². The second kappa shape index (κ2) is 7.86. The average molecular weight is 333 g/mol. The molecule has 1 aliphatic rings. The first-order chi connectivity index (χ1) is 11.5. The molecule has 1 aromatic rings. The Morgan fingerprint density at radius 3 is 2.38 bits per heavy atom. The van der Waals surface area contributed by atoms with Crippen LogP contribution in [0.1, 0.15) is 25.0 Å². The van der Waals surface area contributed by atoms with Gasteiger partial charge in [-0.2, -0.15) is 0 Å². The average Bonchev–Trinajstić information content (AvgIpc) is 2.56. The van der Waals surface area contributed by atoms with Crippen LogP contribution in [0.4, 0.5) is 5.69 Å². The van der Waals surface area contributed by atoms with E-state index >= 15 is 0 Å². The van der Waals surface area contributed by atoms with Gasteiger partial charge in [0.1, 0.15) is 12.4 Å². The SMILES string of the molecule is CCOC(=O)C(=CN1CCOc2c1ccc(C)c2C)C(=O)OCC. The molecular weight excluding hydrogens is 310 g/mol. The number of nitrogens with zero attached hydrogens (tertiary/aromatic N) is 1. The second-order valence-corrected chi connectivity index (χ2v) is 5.38. The summed E-state index contributed by atoms with van der Waals surface area (Å²) in [6, 6.07) is 3.90. The molecule has 1 aromatic carbocycles. The molecule has 1 heterocycles. The maximum Gasteiger partial charge on any atom is 0.347 e. The number of anilines is 1. The van der Waals surface area contributed by atoms with Crippen LogP contribution in [0.25, 0.3) is 0 Å². The van der Waals surface area contributed by atoms with Crippen LogP contribution in [0, 0.1) is 13.8 Å². The van der Waals surface area contributed by atoms with Gasteiger partial charge in [0.25, 0.3) is 0 Å². The zero-order chi connectivity index (χ0) is 17.7. The molecule has 6 nitrogen and oxygen atoms in total. The molecule has 0 N–H and O–H groups in total. The maximum absolute atomic E-state index is 12.1. The van der Waals surface area contributed by atoms with E-state index in [-0.39, 0.29) is 18.8 Å². The van der Waals surface area contributed by atoms with Crippen molar-refractivity contribution in [3.05, 3.63) is 35.0 Å². The summed E-state index contributed by atoms with van der Waals surface area (Å²) >= 11 is 0. The van der Waals surface area contributed by atoms with E-state index in [4.69, 9.17) is 14.2 Å². The topological polar surface area (TPSA) is 65.1 Å². The monoisotopic (exact) mass is 333 g/mol. The molecule has 130 valence electrons. The van der Waals surface area contributed by atoms with Gasteiger partial charge in [0, 0.05) is 6.20 Å². The number of benzene rings is 1. The predicted molar refractivity (Wildman–Crippen MR) is 90.1 cm³/mol. The summed E-state index contributed by atoms with van der Waals surface area (Å²) in [4.78, 5) is 26.1. The molecule has 0 saturated carbocycles. The number of hydrogen-bond donors (Lipinski definition) is 0. The standard InChI is InChI=1S/C18H23NO5/c1-5-22-17(20)14(18(21)23-6-2)11-19-9-10-24-16-13(4)12(3)7-8-15(16)19/h7-8,11H,5-6,9-10H2,1-4H3. The van der Waals surface area contributed by atoms with Crippen molar-refractivity contribution in [2.75, 3.05) is 31.3 Å². The maximum atomic E-state index is 12.1. The highest BCUT2D eigenvalue weighted by Crippen LogP contribution is 2.36. The summed E-state index contributed by atoms with van der Waals surface area (Å²) in [5.74, 6) is -0.606. The van der Waals surface area contributed by atoms with Gasteiger partial charge < -0.3 is 19.1 Å². The molecule has 0 amide bonds. The number of ether oxygens (including phenoxy) is 3. The lowest BCUT2D eigenvalue weighted by molar-refractivity contribution is -0.146. The van der Waals surface area contributed by atoms with Crippen LogP contribution in [0.15, 0.2) is 23.9 Å². The van der Waals surface area contributed by atoms with E-state index < -0.39 is 11.9 Å². The number of esters is 2. The number of fused-ring (bicyclic) bond motifs is 1. The molecule has 0 spiro atoms. The van der Waals surface area contributed by atoms with E-state index in [1.54, 1.807) is 13.8 Å². The first-order valence-electron chi connectivity index (χ1n) is 8.05. The van der Waals surface area contributed by atoms with Crippen LogP contribution in [0.3, 0.4) is 0 Å². The normalized spacial score (nSPS) is 12.8. The van der Waals surface area contributed by atoms with Gasteiger partial charge in [-0.15, -0.1) is 0 Å². The fourth-order valence-electron chi connectivity index (χ4n) is 2.45. The van der Waals surface area contributed by atoms with Crippen LogP contribution in [0.5, 0.6) is 5.75 Å². The third kappa shape index (κ3) is 3.69. The van der Waals surface area contributed by atoms with Crippen molar-refractivity contribution in [3.63, 3.8) is 0 Å². The molecule has 1 aliphatic heterocycles. The number of carbonyl (C=O) groups excluding carboxylic acids is 2. The molecule has 0 aliphatic carbocycles. The number of hydrogen-bond acceptors (Lipinski definition) is 6. The Kier molecular flexibility index (Phi) is 5.84. The first kappa shape index (κ1) is 17.8. The van der Waals surface area contributed by atoms with Gasteiger partial charge in [0.2, 0.25) is 0 Å². The van der Waals surface area contributed by atoms with Crippen molar-refractivity contribution in [1.82, 2.24) is 0 Å². The molecule has 0 aromatic heterocycles. The van der Waals surface area contributed by atoms with Crippen molar-refractivity contribution in [2.24, 2.45) is 0 Å². The summed E-state index contributed by atoms with van der Waals surface area (Å²) < 4.78 is 15.7. The Balaban J connectivity index is 2.42. The van der Waals surface area contributed by atoms with E-state index in [1.165, 1.54) is 6.20 Å². The molecule has 6 heteroatoms. The van der Waals surface area contributed by atoms with E-state index in [0.717, 1.165) is 22.6 Å². The van der Waals surface area contributed by atoms with Crippen molar-refractivity contribution >= 4 is 17.6 Å². The first-order valence-corrected chi connectivity index (χ1v) is 8.05. The third-order valence-corrected chi connectivity index (χ3v) is 3.82. The molecule has 0 unspecified atom stereocenters. The molecule has 0 atom stereocenters. The number of aryl methyl sites for hydroxylation is 1. The zero-order valence-electron chi connectivity index (χ0n) is 14.5. The van der Waals surface area contributed by atoms with Crippen LogP contribution >= 0.6 is 0 Å². The zero-order valence-corrected chi connectivity index (χ0v) is 14.5. The Hall–Kier alpha value is -2.50. The Labute approximate surface area is 142 Å². The van der Waals surface area contributed by atoms with Gasteiger partial charge in [-0.1, -0.05) is 6.07 Å². The summed E-state index contributed by atoms with van der Waals surface area (Å²) in [6.07, 6.45) is 1.49. The number of carbonyl (C=O) groups is 2. The molecule has 2 rings (SSSR count). The van der Waals surface area contributed by atoms with Crippen molar-refractivity contribution in [2.45, 2.75) is 27.7 Å². The quantitative estimate of drug-likeness (QED) is 0.357. The third-order valence-electron chi connectivity index (χ3n) is 3.82. The molecule has 24 heavy (non-hydrogen) atoms. The van der Waals surface area contributed by atoms with Crippen LogP contribution in [-0.2, 0) is 19.1 Å². The lowest BCUT2D eigenvalue weighted by Gasteiger charge is -2.30. The minimum absolute atomic E-state index is 0.121. The summed E-state index contributed by atoms with van der Waals surface area (Å²) in [7, 11) is 0. The molecule has 0 bridgehead atoms. The van der Waals surface area contributed by atoms with Gasteiger partial charge in [0.15, 0.2) is 5.57 Å². The summed E-state index contributed by atoms with van der Waals surface area (Å²) in [6.45, 7) is 8.74. The van der Waals surface area contributed by atoms with E-state index in [0.29, 0.717) is 13.2 Å². The minimum atomic E-state index is -0.687. The van der Waals surface area contributed by atoms with Crippen LogP contribution < -0.4 is 9.64 Å². The highest BCUT2D eigenvalue weighted by atomic mass is 16.6. The lowest BCUT2D eigenvalue weighted by atomic mass is 10.1. The smallest absolute Gasteiger partial charge is 0.347 e. The number of rotatable bonds is 5. The highest BCUT2D eigenvalue weighted by molar-refractivity contribution is 6.14. The predicted octanol–water partition coefficient (Wildman–Crippen LogP) is 2.51. The molecule has 0 radical (unpaired) electrons. The fourth-order valence-corrected chi connectivity index (χ4v) is 2.45. The largest absolute Gasteiger partial charge is 0.489 e.